The second-order valence-corrected chi connectivity index (χ2v) is 11.0. The van der Waals surface area contributed by atoms with E-state index in [1.165, 1.54) is 6.20 Å². The highest BCUT2D eigenvalue weighted by molar-refractivity contribution is 6.02. The summed E-state index contributed by atoms with van der Waals surface area (Å²) in [5.74, 6) is -0.556. The number of amides is 2. The molecule has 1 aliphatic rings. The van der Waals surface area contributed by atoms with Crippen LogP contribution in [0.4, 0.5) is 10.5 Å². The van der Waals surface area contributed by atoms with Crippen LogP contribution in [0.1, 0.15) is 64.7 Å². The molecular weight excluding hydrogens is 444 g/mol. The Labute approximate surface area is 205 Å². The topological polar surface area (TPSA) is 124 Å². The van der Waals surface area contributed by atoms with Crippen LogP contribution in [0.25, 0.3) is 16.6 Å². The van der Waals surface area contributed by atoms with Crippen molar-refractivity contribution in [2.75, 3.05) is 5.32 Å². The Morgan fingerprint density at radius 3 is 2.49 bits per heavy atom. The van der Waals surface area contributed by atoms with Crippen molar-refractivity contribution in [2.45, 2.75) is 71.6 Å². The van der Waals surface area contributed by atoms with Crippen molar-refractivity contribution in [3.8, 4) is 11.1 Å². The molecule has 3 heterocycles. The zero-order chi connectivity index (χ0) is 25.6. The van der Waals surface area contributed by atoms with Gasteiger partial charge in [0.25, 0.3) is 5.91 Å². The lowest BCUT2D eigenvalue weighted by molar-refractivity contribution is 0.0382. The first-order valence-corrected chi connectivity index (χ1v) is 11.8. The molecular formula is C26H34N6O3. The molecule has 4 N–H and O–H groups in total. The SMILES string of the molecule is CC(C)(C)OC(=O)N[C@@]1(C)CC[C@@H](Nc2c(C(N)=O)cnn3cc(-c4ccncc4)cc23)C1(C)C. The molecule has 0 aliphatic heterocycles. The van der Waals surface area contributed by atoms with Gasteiger partial charge in [-0.15, -0.1) is 0 Å². The van der Waals surface area contributed by atoms with E-state index in [4.69, 9.17) is 10.5 Å². The van der Waals surface area contributed by atoms with E-state index < -0.39 is 23.1 Å². The van der Waals surface area contributed by atoms with Crippen LogP contribution in [0.2, 0.25) is 0 Å². The van der Waals surface area contributed by atoms with Crippen molar-refractivity contribution in [1.82, 2.24) is 19.9 Å². The molecule has 3 aromatic heterocycles. The number of fused-ring (bicyclic) bond motifs is 1. The van der Waals surface area contributed by atoms with Crippen molar-refractivity contribution in [3.63, 3.8) is 0 Å². The Hall–Kier alpha value is -3.62. The van der Waals surface area contributed by atoms with Gasteiger partial charge in [0, 0.05) is 41.1 Å². The normalized spacial score (nSPS) is 21.6. The van der Waals surface area contributed by atoms with Crippen LogP contribution in [0.5, 0.6) is 0 Å². The quantitative estimate of drug-likeness (QED) is 0.500. The average molecular weight is 479 g/mol. The van der Waals surface area contributed by atoms with Crippen molar-refractivity contribution in [3.05, 3.63) is 48.5 Å². The minimum atomic E-state index is -0.582. The zero-order valence-electron chi connectivity index (χ0n) is 21.2. The molecule has 35 heavy (non-hydrogen) atoms. The number of hydrogen-bond acceptors (Lipinski definition) is 6. The molecule has 2 atom stereocenters. The summed E-state index contributed by atoms with van der Waals surface area (Å²) in [5.41, 5.74) is 7.90. The molecule has 0 bridgehead atoms. The summed E-state index contributed by atoms with van der Waals surface area (Å²) in [4.78, 5) is 29.0. The standard InChI is InChI=1S/C26H34N6O3/c1-24(2,3)35-23(34)31-26(6)10-7-20(25(26,4)5)30-21-18(22(27)33)14-29-32-15-17(13-19(21)32)16-8-11-28-12-9-16/h8-9,11-15,20,30H,7,10H2,1-6H3,(H2,27,33)(H,31,34)/t20-,26+/m1/s1. The third-order valence-corrected chi connectivity index (χ3v) is 7.24. The third kappa shape index (κ3) is 4.67. The Morgan fingerprint density at radius 2 is 1.86 bits per heavy atom. The second-order valence-electron chi connectivity index (χ2n) is 11.0. The maximum Gasteiger partial charge on any atom is 0.408 e. The fourth-order valence-corrected chi connectivity index (χ4v) is 4.78. The molecule has 1 fully saturated rings. The first kappa shape index (κ1) is 24.5. The summed E-state index contributed by atoms with van der Waals surface area (Å²) in [6, 6.07) is 5.78. The van der Waals surface area contributed by atoms with Crippen molar-refractivity contribution in [2.24, 2.45) is 11.1 Å². The average Bonchev–Trinajstić information content (AvgIpc) is 3.28. The number of nitrogens with one attached hydrogen (secondary N) is 2. The molecule has 186 valence electrons. The summed E-state index contributed by atoms with van der Waals surface area (Å²) in [6.07, 6.45) is 7.96. The zero-order valence-corrected chi connectivity index (χ0v) is 21.2. The highest BCUT2D eigenvalue weighted by Gasteiger charge is 2.53. The molecule has 9 heteroatoms. The van der Waals surface area contributed by atoms with Gasteiger partial charge in [-0.3, -0.25) is 9.78 Å². The smallest absolute Gasteiger partial charge is 0.408 e. The summed E-state index contributed by atoms with van der Waals surface area (Å²) in [5, 5.41) is 11.1. The van der Waals surface area contributed by atoms with Crippen LogP contribution in [-0.2, 0) is 4.74 Å². The number of primary amides is 1. The minimum absolute atomic E-state index is 0.0500. The molecule has 9 nitrogen and oxygen atoms in total. The van der Waals surface area contributed by atoms with Crippen molar-refractivity contribution < 1.29 is 14.3 Å². The highest BCUT2D eigenvalue weighted by atomic mass is 16.6. The van der Waals surface area contributed by atoms with Gasteiger partial charge in [-0.1, -0.05) is 13.8 Å². The highest BCUT2D eigenvalue weighted by Crippen LogP contribution is 2.48. The van der Waals surface area contributed by atoms with Gasteiger partial charge in [0.15, 0.2) is 0 Å². The number of carbonyl (C=O) groups excluding carboxylic acids is 2. The number of rotatable bonds is 5. The van der Waals surface area contributed by atoms with Gasteiger partial charge in [0.2, 0.25) is 0 Å². The molecule has 2 amide bonds. The number of nitrogens with two attached hydrogens (primary N) is 1. The molecule has 0 unspecified atom stereocenters. The fourth-order valence-electron chi connectivity index (χ4n) is 4.78. The Kier molecular flexibility index (Phi) is 5.99. The van der Waals surface area contributed by atoms with Gasteiger partial charge in [0.05, 0.1) is 23.0 Å². The second kappa shape index (κ2) is 8.55. The lowest BCUT2D eigenvalue weighted by Crippen LogP contribution is -2.57. The first-order chi connectivity index (χ1) is 16.3. The van der Waals surface area contributed by atoms with E-state index in [2.05, 4.69) is 34.6 Å². The van der Waals surface area contributed by atoms with Gasteiger partial charge in [0.1, 0.15) is 5.60 Å². The lowest BCUT2D eigenvalue weighted by atomic mass is 9.74. The Balaban J connectivity index is 1.68. The molecule has 0 saturated heterocycles. The van der Waals surface area contributed by atoms with Crippen LogP contribution in [0.3, 0.4) is 0 Å². The number of ether oxygens (including phenoxy) is 1. The predicted octanol–water partition coefficient (Wildman–Crippen LogP) is 4.38. The molecule has 1 saturated carbocycles. The maximum absolute atomic E-state index is 12.6. The number of hydrogen-bond donors (Lipinski definition) is 3. The van der Waals surface area contributed by atoms with Crippen molar-refractivity contribution >= 4 is 23.2 Å². The summed E-state index contributed by atoms with van der Waals surface area (Å²) >= 11 is 0. The van der Waals surface area contributed by atoms with Gasteiger partial charge < -0.3 is 21.1 Å². The number of nitrogens with zero attached hydrogens (tertiary/aromatic N) is 3. The monoisotopic (exact) mass is 478 g/mol. The van der Waals surface area contributed by atoms with Gasteiger partial charge in [-0.05, 0) is 64.3 Å². The van der Waals surface area contributed by atoms with Crippen LogP contribution in [-0.4, -0.2) is 43.8 Å². The summed E-state index contributed by atoms with van der Waals surface area (Å²) in [7, 11) is 0. The minimum Gasteiger partial charge on any atom is -0.444 e. The van der Waals surface area contributed by atoms with E-state index in [1.807, 2.05) is 52.1 Å². The van der Waals surface area contributed by atoms with Gasteiger partial charge >= 0.3 is 6.09 Å². The number of pyridine rings is 1. The van der Waals surface area contributed by atoms with E-state index in [0.717, 1.165) is 29.5 Å². The van der Waals surface area contributed by atoms with Gasteiger partial charge in [-0.25, -0.2) is 9.31 Å². The molecule has 3 aromatic rings. The van der Waals surface area contributed by atoms with Crippen LogP contribution < -0.4 is 16.4 Å². The molecule has 0 radical (unpaired) electrons. The number of carbonyl (C=O) groups is 2. The molecule has 0 aromatic carbocycles. The number of aromatic nitrogens is 3. The Bertz CT molecular complexity index is 1260. The number of alkyl carbamates (subject to hydrolysis) is 1. The van der Waals surface area contributed by atoms with E-state index in [-0.39, 0.29) is 11.5 Å². The fraction of sp³-hybridized carbons (Fsp3) is 0.462. The van der Waals surface area contributed by atoms with E-state index in [9.17, 15) is 9.59 Å². The summed E-state index contributed by atoms with van der Waals surface area (Å²) < 4.78 is 7.26. The van der Waals surface area contributed by atoms with Crippen LogP contribution >= 0.6 is 0 Å². The van der Waals surface area contributed by atoms with Gasteiger partial charge in [-0.2, -0.15) is 5.10 Å². The van der Waals surface area contributed by atoms with E-state index in [1.54, 1.807) is 16.9 Å². The summed E-state index contributed by atoms with van der Waals surface area (Å²) in [6.45, 7) is 11.8. The lowest BCUT2D eigenvalue weighted by Gasteiger charge is -2.42. The predicted molar refractivity (Wildman–Crippen MR) is 135 cm³/mol. The first-order valence-electron chi connectivity index (χ1n) is 11.8. The molecule has 0 spiro atoms. The van der Waals surface area contributed by atoms with Crippen molar-refractivity contribution in [1.29, 1.82) is 0 Å². The molecule has 4 rings (SSSR count). The van der Waals surface area contributed by atoms with Crippen LogP contribution in [0.15, 0.2) is 43.0 Å². The molecule has 1 aliphatic carbocycles. The van der Waals surface area contributed by atoms with E-state index >= 15 is 0 Å². The van der Waals surface area contributed by atoms with Crippen LogP contribution in [0, 0.1) is 5.41 Å². The Morgan fingerprint density at radius 1 is 1.17 bits per heavy atom. The largest absolute Gasteiger partial charge is 0.444 e. The third-order valence-electron chi connectivity index (χ3n) is 7.24. The number of anilines is 1. The maximum atomic E-state index is 12.6. The van der Waals surface area contributed by atoms with E-state index in [0.29, 0.717) is 11.3 Å².